The first-order valence-corrected chi connectivity index (χ1v) is 16.6. The van der Waals surface area contributed by atoms with Crippen molar-refractivity contribution in [2.75, 3.05) is 19.0 Å². The lowest BCUT2D eigenvalue weighted by atomic mass is 9.93. The van der Waals surface area contributed by atoms with Crippen LogP contribution in [0.4, 0.5) is 15.3 Å². The van der Waals surface area contributed by atoms with Gasteiger partial charge in [-0.05, 0) is 95.0 Å². The Labute approximate surface area is 286 Å². The number of unbranched alkanes of at least 4 members (excludes halogenated alkanes) is 1. The number of carbonyl (C=O) groups excluding carboxylic acids is 4. The lowest BCUT2D eigenvalue weighted by molar-refractivity contribution is 0.0440. The molecule has 0 radical (unpaired) electrons. The molecule has 1 fully saturated rings. The number of amides is 3. The molecule has 0 unspecified atom stereocenters. The van der Waals surface area contributed by atoms with Gasteiger partial charge in [-0.2, -0.15) is 0 Å². The molecule has 0 atom stereocenters. The fourth-order valence-electron chi connectivity index (χ4n) is 5.57. The lowest BCUT2D eigenvalue weighted by Gasteiger charge is -2.30. The number of hydrogen-bond acceptors (Lipinski definition) is 7. The number of carbonyl (C=O) groups is 4. The standard InChI is InChI=1S/C37H44ClN3O7/c1-37(2,3)48-36(45)40-27-14-16-28(17-15-27)47-35(44)41-32-20-24(13-18-29(32)25-11-6-5-7-12-25)10-8-9-19-39-34(43)30-22-33(46-4)26(23-42)21-31(30)38/h5-7,11-13,18,20-23,27-28H,8-10,14-17,19H2,1-4H3,(H,39,43)(H,40,45)(H,41,44). The molecule has 0 heterocycles. The maximum absolute atomic E-state index is 13.1. The molecule has 0 saturated heterocycles. The highest BCUT2D eigenvalue weighted by Crippen LogP contribution is 2.31. The minimum atomic E-state index is -0.561. The molecule has 1 aliphatic carbocycles. The molecule has 0 bridgehead atoms. The van der Waals surface area contributed by atoms with Crippen molar-refractivity contribution in [3.05, 3.63) is 82.4 Å². The Morgan fingerprint density at radius 2 is 1.67 bits per heavy atom. The molecule has 0 aromatic heterocycles. The Morgan fingerprint density at radius 3 is 2.33 bits per heavy atom. The van der Waals surface area contributed by atoms with Gasteiger partial charge >= 0.3 is 12.2 Å². The van der Waals surface area contributed by atoms with Gasteiger partial charge in [-0.1, -0.05) is 54.1 Å². The van der Waals surface area contributed by atoms with Crippen LogP contribution in [0.3, 0.4) is 0 Å². The van der Waals surface area contributed by atoms with Gasteiger partial charge in [0.1, 0.15) is 17.5 Å². The quantitative estimate of drug-likeness (QED) is 0.131. The van der Waals surface area contributed by atoms with Crippen molar-refractivity contribution in [3.63, 3.8) is 0 Å². The van der Waals surface area contributed by atoms with Gasteiger partial charge in [0.15, 0.2) is 6.29 Å². The number of ether oxygens (including phenoxy) is 3. The molecule has 0 spiro atoms. The highest BCUT2D eigenvalue weighted by molar-refractivity contribution is 6.34. The predicted molar refractivity (Wildman–Crippen MR) is 186 cm³/mol. The Morgan fingerprint density at radius 1 is 0.938 bits per heavy atom. The first-order chi connectivity index (χ1) is 23.0. The van der Waals surface area contributed by atoms with Crippen LogP contribution in [0.25, 0.3) is 11.1 Å². The summed E-state index contributed by atoms with van der Waals surface area (Å²) in [6, 6.07) is 18.7. The van der Waals surface area contributed by atoms with E-state index in [0.717, 1.165) is 29.5 Å². The Kier molecular flexibility index (Phi) is 12.9. The molecule has 11 heteroatoms. The molecular weight excluding hydrogens is 634 g/mol. The molecular formula is C37H44ClN3O7. The number of halogens is 1. The van der Waals surface area contributed by atoms with Crippen LogP contribution in [0.5, 0.6) is 5.75 Å². The zero-order valence-electron chi connectivity index (χ0n) is 27.9. The fourth-order valence-corrected chi connectivity index (χ4v) is 5.83. The van der Waals surface area contributed by atoms with E-state index in [1.165, 1.54) is 19.2 Å². The van der Waals surface area contributed by atoms with Gasteiger partial charge in [0.05, 0.1) is 28.9 Å². The Bertz CT molecular complexity index is 1580. The maximum atomic E-state index is 13.1. The fraction of sp³-hybridized carbons (Fsp3) is 0.405. The third-order valence-corrected chi connectivity index (χ3v) is 8.26. The van der Waals surface area contributed by atoms with Crippen LogP contribution < -0.4 is 20.7 Å². The van der Waals surface area contributed by atoms with Gasteiger partial charge in [0.25, 0.3) is 5.91 Å². The number of aryl methyl sites for hydroxylation is 1. The average Bonchev–Trinajstić information content (AvgIpc) is 3.04. The van der Waals surface area contributed by atoms with Crippen LogP contribution >= 0.6 is 11.6 Å². The number of alkyl carbamates (subject to hydrolysis) is 1. The second kappa shape index (κ2) is 17.0. The lowest BCUT2D eigenvalue weighted by Crippen LogP contribution is -2.42. The zero-order chi connectivity index (χ0) is 34.7. The number of rotatable bonds is 12. The van der Waals surface area contributed by atoms with Crippen molar-refractivity contribution < 1.29 is 33.4 Å². The van der Waals surface area contributed by atoms with Gasteiger partial charge in [-0.15, -0.1) is 0 Å². The maximum Gasteiger partial charge on any atom is 0.411 e. The average molecular weight is 678 g/mol. The van der Waals surface area contributed by atoms with Crippen molar-refractivity contribution in [2.24, 2.45) is 0 Å². The van der Waals surface area contributed by atoms with Crippen LogP contribution in [0.2, 0.25) is 5.02 Å². The van der Waals surface area contributed by atoms with Crippen molar-refractivity contribution in [2.45, 2.75) is 83.5 Å². The van der Waals surface area contributed by atoms with Crippen LogP contribution in [0.15, 0.2) is 60.7 Å². The molecule has 4 rings (SSSR count). The van der Waals surface area contributed by atoms with Crippen molar-refractivity contribution in [1.82, 2.24) is 10.6 Å². The third kappa shape index (κ3) is 10.7. The van der Waals surface area contributed by atoms with Gasteiger partial charge in [0.2, 0.25) is 0 Å². The van der Waals surface area contributed by atoms with Crippen LogP contribution in [0.1, 0.15) is 85.6 Å². The van der Waals surface area contributed by atoms with Crippen LogP contribution in [0, 0.1) is 0 Å². The van der Waals surface area contributed by atoms with Gasteiger partial charge in [-0.3, -0.25) is 14.9 Å². The first-order valence-electron chi connectivity index (χ1n) is 16.2. The number of methoxy groups -OCH3 is 1. The smallest absolute Gasteiger partial charge is 0.411 e. The summed E-state index contributed by atoms with van der Waals surface area (Å²) in [4.78, 5) is 49.1. The molecule has 10 nitrogen and oxygen atoms in total. The molecule has 3 amide bonds. The number of nitrogens with one attached hydrogen (secondary N) is 3. The Balaban J connectivity index is 1.30. The summed E-state index contributed by atoms with van der Waals surface area (Å²) in [7, 11) is 1.43. The van der Waals surface area contributed by atoms with E-state index >= 15 is 0 Å². The van der Waals surface area contributed by atoms with Gasteiger partial charge < -0.3 is 24.8 Å². The number of hydrogen-bond donors (Lipinski definition) is 3. The van der Waals surface area contributed by atoms with E-state index in [4.69, 9.17) is 25.8 Å². The van der Waals surface area contributed by atoms with Gasteiger partial charge in [0, 0.05) is 18.2 Å². The molecule has 3 aromatic rings. The summed E-state index contributed by atoms with van der Waals surface area (Å²) in [5, 5.41) is 8.93. The molecule has 1 saturated carbocycles. The van der Waals surface area contributed by atoms with Crippen molar-refractivity contribution in [1.29, 1.82) is 0 Å². The molecule has 3 aromatic carbocycles. The highest BCUT2D eigenvalue weighted by Gasteiger charge is 2.27. The molecule has 0 aliphatic heterocycles. The summed E-state index contributed by atoms with van der Waals surface area (Å²) in [6.45, 7) is 5.91. The monoisotopic (exact) mass is 677 g/mol. The van der Waals surface area contributed by atoms with Crippen molar-refractivity contribution >= 4 is 41.7 Å². The van der Waals surface area contributed by atoms with Crippen LogP contribution in [-0.2, 0) is 15.9 Å². The van der Waals surface area contributed by atoms with Crippen LogP contribution in [-0.4, -0.2) is 55.8 Å². The topological polar surface area (TPSA) is 132 Å². The second-order valence-corrected chi connectivity index (χ2v) is 13.2. The number of aldehydes is 1. The van der Waals surface area contributed by atoms with E-state index in [-0.39, 0.29) is 40.0 Å². The summed E-state index contributed by atoms with van der Waals surface area (Å²) in [6.07, 6.45) is 4.31. The van der Waals surface area contributed by atoms with Crippen molar-refractivity contribution in [3.8, 4) is 16.9 Å². The minimum absolute atomic E-state index is 0.0197. The Hall–Kier alpha value is -4.57. The second-order valence-electron chi connectivity index (χ2n) is 12.8. The summed E-state index contributed by atoms with van der Waals surface area (Å²) in [5.41, 5.74) is 3.48. The SMILES string of the molecule is COc1cc(C(=O)NCCCCc2ccc(-c3ccccc3)c(NC(=O)OC3CCC(NC(=O)OC(C)(C)C)CC3)c2)c(Cl)cc1C=O. The molecule has 256 valence electrons. The predicted octanol–water partition coefficient (Wildman–Crippen LogP) is 7.97. The summed E-state index contributed by atoms with van der Waals surface area (Å²) in [5.74, 6) is -0.0625. The van der Waals surface area contributed by atoms with E-state index < -0.39 is 17.8 Å². The minimum Gasteiger partial charge on any atom is -0.496 e. The number of anilines is 1. The summed E-state index contributed by atoms with van der Waals surface area (Å²) < 4.78 is 16.3. The molecule has 48 heavy (non-hydrogen) atoms. The van der Waals surface area contributed by atoms with E-state index in [2.05, 4.69) is 16.0 Å². The van der Waals surface area contributed by atoms with E-state index in [1.807, 2.05) is 69.3 Å². The van der Waals surface area contributed by atoms with E-state index in [9.17, 15) is 19.2 Å². The van der Waals surface area contributed by atoms with E-state index in [1.54, 1.807) is 0 Å². The third-order valence-electron chi connectivity index (χ3n) is 7.94. The molecule has 3 N–H and O–H groups in total. The molecule has 1 aliphatic rings. The zero-order valence-corrected chi connectivity index (χ0v) is 28.7. The number of benzene rings is 3. The largest absolute Gasteiger partial charge is 0.496 e. The first kappa shape index (κ1) is 36.3. The highest BCUT2D eigenvalue weighted by atomic mass is 35.5. The van der Waals surface area contributed by atoms with E-state index in [0.29, 0.717) is 50.6 Å². The summed E-state index contributed by atoms with van der Waals surface area (Å²) >= 11 is 6.22. The normalized spacial score (nSPS) is 15.9. The van der Waals surface area contributed by atoms with Gasteiger partial charge in [-0.25, -0.2) is 9.59 Å².